The topological polar surface area (TPSA) is 58.9 Å². The average Bonchev–Trinajstić information content (AvgIpc) is 3.25. The highest BCUT2D eigenvalue weighted by Crippen LogP contribution is 2.30. The summed E-state index contributed by atoms with van der Waals surface area (Å²) in [5.74, 6) is -0.232. The highest BCUT2D eigenvalue weighted by atomic mass is 32.1. The van der Waals surface area contributed by atoms with Gasteiger partial charge < -0.3 is 5.32 Å². The van der Waals surface area contributed by atoms with Crippen LogP contribution in [-0.2, 0) is 0 Å². The first kappa shape index (κ1) is 18.3. The van der Waals surface area contributed by atoms with Gasteiger partial charge in [0.25, 0.3) is 5.91 Å². The number of aryl methyl sites for hydroxylation is 2. The molecule has 2 heterocycles. The third-order valence-corrected chi connectivity index (χ3v) is 5.62. The molecule has 2 N–H and O–H groups in total. The lowest BCUT2D eigenvalue weighted by atomic mass is 10.2. The summed E-state index contributed by atoms with van der Waals surface area (Å²) in [5.41, 5.74) is 3.84. The minimum Gasteiger partial charge on any atom is -0.332 e. The molecular formula is C21H18N4OS2. The van der Waals surface area contributed by atoms with Crippen LogP contribution in [0.5, 0.6) is 0 Å². The summed E-state index contributed by atoms with van der Waals surface area (Å²) in [6.07, 6.45) is 0. The fourth-order valence-electron chi connectivity index (χ4n) is 2.87. The zero-order valence-electron chi connectivity index (χ0n) is 15.4. The van der Waals surface area contributed by atoms with E-state index in [4.69, 9.17) is 12.2 Å². The van der Waals surface area contributed by atoms with E-state index in [1.54, 1.807) is 0 Å². The van der Waals surface area contributed by atoms with Crippen LogP contribution in [0.25, 0.3) is 15.9 Å². The Labute approximate surface area is 172 Å². The molecule has 1 amide bonds. The van der Waals surface area contributed by atoms with Crippen LogP contribution in [0.2, 0.25) is 0 Å². The van der Waals surface area contributed by atoms with Crippen molar-refractivity contribution >= 4 is 50.5 Å². The normalized spacial score (nSPS) is 10.8. The number of aromatic nitrogens is 2. The van der Waals surface area contributed by atoms with Crippen LogP contribution in [0.4, 0.5) is 5.69 Å². The molecule has 0 spiro atoms. The molecule has 2 aromatic heterocycles. The molecule has 140 valence electrons. The molecule has 0 saturated heterocycles. The van der Waals surface area contributed by atoms with Gasteiger partial charge in [-0.3, -0.25) is 10.1 Å². The minimum atomic E-state index is -0.232. The van der Waals surface area contributed by atoms with E-state index in [0.717, 1.165) is 32.8 Å². The van der Waals surface area contributed by atoms with Crippen molar-refractivity contribution in [1.29, 1.82) is 0 Å². The van der Waals surface area contributed by atoms with Crippen molar-refractivity contribution in [3.63, 3.8) is 0 Å². The number of para-hydroxylation sites is 1. The Morgan fingerprint density at radius 2 is 1.79 bits per heavy atom. The first-order valence-corrected chi connectivity index (χ1v) is 9.97. The molecule has 0 bridgehead atoms. The second-order valence-electron chi connectivity index (χ2n) is 6.44. The quantitative estimate of drug-likeness (QED) is 0.479. The van der Waals surface area contributed by atoms with Gasteiger partial charge in [0, 0.05) is 11.1 Å². The molecule has 0 atom stereocenters. The molecule has 28 heavy (non-hydrogen) atoms. The summed E-state index contributed by atoms with van der Waals surface area (Å²) < 4.78 is 1.87. The van der Waals surface area contributed by atoms with Gasteiger partial charge in [-0.15, -0.1) is 11.3 Å². The third-order valence-electron chi connectivity index (χ3n) is 4.31. The third kappa shape index (κ3) is 3.67. The van der Waals surface area contributed by atoms with Crippen molar-refractivity contribution in [2.75, 3.05) is 5.32 Å². The Kier molecular flexibility index (Phi) is 4.93. The van der Waals surface area contributed by atoms with Crippen molar-refractivity contribution in [2.45, 2.75) is 13.8 Å². The SMILES string of the molecule is Cc1ccc(NC(=S)NC(=O)c2cc3c(C)nn(-c4ccccc4)c3s2)cc1. The molecule has 0 fully saturated rings. The lowest BCUT2D eigenvalue weighted by Gasteiger charge is -2.09. The van der Waals surface area contributed by atoms with Crippen LogP contribution in [0.3, 0.4) is 0 Å². The van der Waals surface area contributed by atoms with Crippen molar-refractivity contribution in [2.24, 2.45) is 0 Å². The zero-order valence-corrected chi connectivity index (χ0v) is 17.0. The maximum Gasteiger partial charge on any atom is 0.267 e. The monoisotopic (exact) mass is 406 g/mol. The summed E-state index contributed by atoms with van der Waals surface area (Å²) in [7, 11) is 0. The van der Waals surface area contributed by atoms with Crippen molar-refractivity contribution in [3.8, 4) is 5.69 Å². The molecule has 0 unspecified atom stereocenters. The second kappa shape index (κ2) is 7.53. The summed E-state index contributed by atoms with van der Waals surface area (Å²) in [5, 5.41) is 11.6. The number of hydrogen-bond donors (Lipinski definition) is 2. The van der Waals surface area contributed by atoms with Gasteiger partial charge in [0.05, 0.1) is 16.3 Å². The number of amides is 1. The maximum absolute atomic E-state index is 12.7. The van der Waals surface area contributed by atoms with Crippen LogP contribution in [0.1, 0.15) is 20.9 Å². The second-order valence-corrected chi connectivity index (χ2v) is 7.88. The summed E-state index contributed by atoms with van der Waals surface area (Å²) in [6, 6.07) is 19.6. The van der Waals surface area contributed by atoms with Gasteiger partial charge in [0.2, 0.25) is 0 Å². The van der Waals surface area contributed by atoms with Gasteiger partial charge in [0.15, 0.2) is 5.11 Å². The molecule has 2 aromatic carbocycles. The van der Waals surface area contributed by atoms with Gasteiger partial charge in [-0.2, -0.15) is 5.10 Å². The molecule has 7 heteroatoms. The summed E-state index contributed by atoms with van der Waals surface area (Å²) in [4.78, 5) is 14.2. The maximum atomic E-state index is 12.7. The van der Waals surface area contributed by atoms with Crippen LogP contribution >= 0.6 is 23.6 Å². The fourth-order valence-corrected chi connectivity index (χ4v) is 4.16. The molecule has 0 radical (unpaired) electrons. The lowest BCUT2D eigenvalue weighted by Crippen LogP contribution is -2.33. The number of anilines is 1. The van der Waals surface area contributed by atoms with E-state index in [1.165, 1.54) is 11.3 Å². The van der Waals surface area contributed by atoms with E-state index in [0.29, 0.717) is 4.88 Å². The van der Waals surface area contributed by atoms with E-state index in [-0.39, 0.29) is 11.0 Å². The lowest BCUT2D eigenvalue weighted by molar-refractivity contribution is 0.0981. The first-order chi connectivity index (χ1) is 13.5. The average molecular weight is 407 g/mol. The summed E-state index contributed by atoms with van der Waals surface area (Å²) in [6.45, 7) is 3.96. The number of rotatable bonds is 3. The predicted molar refractivity (Wildman–Crippen MR) is 119 cm³/mol. The van der Waals surface area contributed by atoms with Crippen LogP contribution in [0.15, 0.2) is 60.7 Å². The number of carbonyl (C=O) groups is 1. The fraction of sp³-hybridized carbons (Fsp3) is 0.0952. The van der Waals surface area contributed by atoms with Gasteiger partial charge in [-0.25, -0.2) is 4.68 Å². The van der Waals surface area contributed by atoms with E-state index in [9.17, 15) is 4.79 Å². The van der Waals surface area contributed by atoms with Crippen molar-refractivity contribution in [3.05, 3.63) is 76.8 Å². The Bertz CT molecular complexity index is 1160. The molecule has 0 aliphatic carbocycles. The van der Waals surface area contributed by atoms with Crippen LogP contribution in [0, 0.1) is 13.8 Å². The van der Waals surface area contributed by atoms with Crippen LogP contribution in [-0.4, -0.2) is 20.8 Å². The Hall–Kier alpha value is -3.03. The van der Waals surface area contributed by atoms with Gasteiger partial charge >= 0.3 is 0 Å². The van der Waals surface area contributed by atoms with Crippen LogP contribution < -0.4 is 10.6 Å². The minimum absolute atomic E-state index is 0.232. The number of benzene rings is 2. The Morgan fingerprint density at radius 3 is 2.50 bits per heavy atom. The van der Waals surface area contributed by atoms with E-state index < -0.39 is 0 Å². The summed E-state index contributed by atoms with van der Waals surface area (Å²) >= 11 is 6.68. The number of nitrogens with one attached hydrogen (secondary N) is 2. The van der Waals surface area contributed by atoms with Gasteiger partial charge in [-0.05, 0) is 56.4 Å². The predicted octanol–water partition coefficient (Wildman–Crippen LogP) is 4.83. The standard InChI is InChI=1S/C21H18N4OS2/c1-13-8-10-15(11-9-13)22-21(27)23-19(26)18-12-17-14(2)24-25(20(17)28-18)16-6-4-3-5-7-16/h3-12H,1-2H3,(H2,22,23,26,27). The highest BCUT2D eigenvalue weighted by molar-refractivity contribution is 7.80. The van der Waals surface area contributed by atoms with E-state index in [2.05, 4.69) is 15.7 Å². The molecule has 5 nitrogen and oxygen atoms in total. The number of fused-ring (bicyclic) bond motifs is 1. The number of hydrogen-bond acceptors (Lipinski definition) is 4. The molecule has 4 rings (SSSR count). The number of carbonyl (C=O) groups excluding carboxylic acids is 1. The Morgan fingerprint density at radius 1 is 1.07 bits per heavy atom. The smallest absolute Gasteiger partial charge is 0.267 e. The van der Waals surface area contributed by atoms with Crippen molar-refractivity contribution < 1.29 is 4.79 Å². The zero-order chi connectivity index (χ0) is 19.7. The van der Waals surface area contributed by atoms with Crippen molar-refractivity contribution in [1.82, 2.24) is 15.1 Å². The molecule has 0 saturated carbocycles. The van der Waals surface area contributed by atoms with E-state index >= 15 is 0 Å². The number of thiocarbonyl (C=S) groups is 1. The molecule has 0 aliphatic heterocycles. The Balaban J connectivity index is 1.54. The number of thiophene rings is 1. The van der Waals surface area contributed by atoms with Gasteiger partial charge in [0.1, 0.15) is 4.83 Å². The molecular weight excluding hydrogens is 388 g/mol. The van der Waals surface area contributed by atoms with E-state index in [1.807, 2.05) is 79.2 Å². The molecule has 0 aliphatic rings. The van der Waals surface area contributed by atoms with Gasteiger partial charge in [-0.1, -0.05) is 35.9 Å². The highest BCUT2D eigenvalue weighted by Gasteiger charge is 2.17. The first-order valence-electron chi connectivity index (χ1n) is 8.75. The molecule has 4 aromatic rings. The largest absolute Gasteiger partial charge is 0.332 e. The number of nitrogens with zero attached hydrogens (tertiary/aromatic N) is 2.